The largest absolute Gasteiger partial charge is 0.480 e. The molecule has 0 spiro atoms. The number of hydrogen-bond acceptors (Lipinski definition) is 9. The van der Waals surface area contributed by atoms with Gasteiger partial charge >= 0.3 is 0 Å². The highest BCUT2D eigenvalue weighted by molar-refractivity contribution is 6.32. The number of nitrogens with one attached hydrogen (secondary N) is 2. The number of aromatic nitrogens is 3. The third-order valence-corrected chi connectivity index (χ3v) is 6.86. The molecule has 36 heavy (non-hydrogen) atoms. The number of aliphatic hydroxyl groups is 1. The zero-order chi connectivity index (χ0) is 25.1. The fraction of sp³-hybridized carbons (Fsp3) is 0.440. The fourth-order valence-electron chi connectivity index (χ4n) is 4.80. The highest BCUT2D eigenvalue weighted by Crippen LogP contribution is 2.32. The van der Waals surface area contributed by atoms with E-state index in [9.17, 15) is 9.90 Å². The molecule has 2 aliphatic heterocycles. The quantitative estimate of drug-likeness (QED) is 0.418. The van der Waals surface area contributed by atoms with Crippen LogP contribution in [-0.2, 0) is 11.3 Å². The lowest BCUT2D eigenvalue weighted by molar-refractivity contribution is -0.118. The predicted molar refractivity (Wildman–Crippen MR) is 135 cm³/mol. The van der Waals surface area contributed by atoms with E-state index in [1.165, 1.54) is 7.11 Å². The van der Waals surface area contributed by atoms with Gasteiger partial charge in [0.05, 0.1) is 30.6 Å². The Kier molecular flexibility index (Phi) is 7.47. The van der Waals surface area contributed by atoms with Gasteiger partial charge in [-0.15, -0.1) is 0 Å². The number of carbonyl (C=O) groups excluding carboxylic acids is 1. The molecular weight excluding hydrogens is 484 g/mol. The van der Waals surface area contributed by atoms with Gasteiger partial charge in [0.25, 0.3) is 5.91 Å². The van der Waals surface area contributed by atoms with Crippen LogP contribution < -0.4 is 20.1 Å². The Morgan fingerprint density at radius 2 is 2.22 bits per heavy atom. The molecule has 1 aromatic carbocycles. The molecule has 0 aliphatic carbocycles. The molecule has 190 valence electrons. The summed E-state index contributed by atoms with van der Waals surface area (Å²) >= 11 is 6.49. The van der Waals surface area contributed by atoms with E-state index < -0.39 is 6.10 Å². The van der Waals surface area contributed by atoms with Gasteiger partial charge in [-0.3, -0.25) is 4.79 Å². The van der Waals surface area contributed by atoms with Gasteiger partial charge in [-0.2, -0.15) is 0 Å². The molecule has 1 fully saturated rings. The lowest BCUT2D eigenvalue weighted by atomic mass is 9.97. The maximum absolute atomic E-state index is 11.5. The average molecular weight is 513 g/mol. The number of hydrogen-bond donors (Lipinski definition) is 3. The second kappa shape index (κ2) is 10.9. The first-order chi connectivity index (χ1) is 17.5. The van der Waals surface area contributed by atoms with Gasteiger partial charge in [-0.1, -0.05) is 11.6 Å². The Hall–Kier alpha value is -3.05. The summed E-state index contributed by atoms with van der Waals surface area (Å²) < 4.78 is 10.6. The number of amides is 1. The van der Waals surface area contributed by atoms with Crippen molar-refractivity contribution in [3.8, 4) is 11.6 Å². The zero-order valence-electron chi connectivity index (χ0n) is 20.0. The molecule has 11 heteroatoms. The third kappa shape index (κ3) is 5.52. The first kappa shape index (κ1) is 24.6. The van der Waals surface area contributed by atoms with E-state index in [2.05, 4.69) is 30.5 Å². The number of rotatable bonds is 8. The number of halogens is 1. The Balaban J connectivity index is 1.18. The standard InChI is InChI=1S/C25H29ClN6O4/c1-35-22-11-28-18-6-5-17(26)23(24(18)31-22)19(33)13-32-8-2-3-15(12-32)9-27-10-16-4-7-20-25(29-16)30-21(34)14-36-20/h4-7,11,15,19,27,33H,2-3,8-10,12-14H2,1H3,(H,29,30,34). The maximum Gasteiger partial charge on any atom is 0.263 e. The number of likely N-dealkylation sites (tertiary alicyclic amines) is 1. The SMILES string of the molecule is COc1cnc2ccc(Cl)c(C(O)CN3CCCC(CNCc4ccc5c(n4)NC(=O)CO5)C3)c2n1. The van der Waals surface area contributed by atoms with Gasteiger partial charge in [-0.25, -0.2) is 15.0 Å². The topological polar surface area (TPSA) is 122 Å². The minimum atomic E-state index is -0.800. The number of pyridine rings is 1. The van der Waals surface area contributed by atoms with Gasteiger partial charge in [0.15, 0.2) is 18.2 Å². The second-order valence-electron chi connectivity index (χ2n) is 9.14. The normalized spacial score (nSPS) is 18.9. The van der Waals surface area contributed by atoms with Crippen molar-refractivity contribution in [1.82, 2.24) is 25.2 Å². The van der Waals surface area contributed by atoms with Crippen LogP contribution in [0.1, 0.15) is 30.2 Å². The molecule has 0 radical (unpaired) electrons. The van der Waals surface area contributed by atoms with Crippen LogP contribution in [0.4, 0.5) is 5.82 Å². The van der Waals surface area contributed by atoms with E-state index in [0.717, 1.165) is 38.2 Å². The number of nitrogens with zero attached hydrogens (tertiary/aromatic N) is 4. The molecule has 10 nitrogen and oxygen atoms in total. The minimum absolute atomic E-state index is 0.0213. The Morgan fingerprint density at radius 3 is 3.08 bits per heavy atom. The zero-order valence-corrected chi connectivity index (χ0v) is 20.8. The minimum Gasteiger partial charge on any atom is -0.480 e. The molecule has 3 aromatic rings. The molecule has 5 rings (SSSR count). The molecule has 2 atom stereocenters. The summed E-state index contributed by atoms with van der Waals surface area (Å²) in [5, 5.41) is 17.8. The highest BCUT2D eigenvalue weighted by atomic mass is 35.5. The average Bonchev–Trinajstić information content (AvgIpc) is 2.88. The first-order valence-corrected chi connectivity index (χ1v) is 12.4. The molecule has 4 heterocycles. The smallest absolute Gasteiger partial charge is 0.263 e. The van der Waals surface area contributed by atoms with Crippen molar-refractivity contribution in [1.29, 1.82) is 0 Å². The Morgan fingerprint density at radius 1 is 1.33 bits per heavy atom. The number of aliphatic hydroxyl groups excluding tert-OH is 1. The predicted octanol–water partition coefficient (Wildman–Crippen LogP) is 2.55. The van der Waals surface area contributed by atoms with Crippen molar-refractivity contribution in [2.24, 2.45) is 5.92 Å². The summed E-state index contributed by atoms with van der Waals surface area (Å²) in [6.07, 6.45) is 2.92. The summed E-state index contributed by atoms with van der Waals surface area (Å²) in [5.41, 5.74) is 2.64. The lowest BCUT2D eigenvalue weighted by Crippen LogP contribution is -2.41. The summed E-state index contributed by atoms with van der Waals surface area (Å²) in [6.45, 7) is 3.67. The number of fused-ring (bicyclic) bond motifs is 2. The molecule has 2 unspecified atom stereocenters. The first-order valence-electron chi connectivity index (χ1n) is 12.0. The monoisotopic (exact) mass is 512 g/mol. The van der Waals surface area contributed by atoms with Crippen molar-refractivity contribution in [2.75, 3.05) is 45.2 Å². The van der Waals surface area contributed by atoms with E-state index in [4.69, 9.17) is 21.1 Å². The van der Waals surface area contributed by atoms with Gasteiger partial charge in [-0.05, 0) is 56.1 Å². The van der Waals surface area contributed by atoms with Crippen molar-refractivity contribution >= 4 is 34.4 Å². The van der Waals surface area contributed by atoms with Crippen molar-refractivity contribution in [2.45, 2.75) is 25.5 Å². The number of β-amino-alcohol motifs (C(OH)–C–C–N with tert-alkyl or cyclic N) is 1. The van der Waals surface area contributed by atoms with Crippen LogP contribution in [0.15, 0.2) is 30.5 Å². The van der Waals surface area contributed by atoms with Crippen LogP contribution >= 0.6 is 11.6 Å². The molecule has 3 N–H and O–H groups in total. The lowest BCUT2D eigenvalue weighted by Gasteiger charge is -2.34. The second-order valence-corrected chi connectivity index (χ2v) is 9.55. The van der Waals surface area contributed by atoms with Crippen LogP contribution in [0.25, 0.3) is 11.0 Å². The van der Waals surface area contributed by atoms with Gasteiger partial charge < -0.3 is 30.1 Å². The fourth-order valence-corrected chi connectivity index (χ4v) is 5.08. The van der Waals surface area contributed by atoms with E-state index in [-0.39, 0.29) is 12.5 Å². The third-order valence-electron chi connectivity index (χ3n) is 6.53. The number of piperidine rings is 1. The summed E-state index contributed by atoms with van der Waals surface area (Å²) in [5.74, 6) is 1.69. The van der Waals surface area contributed by atoms with E-state index in [1.807, 2.05) is 12.1 Å². The van der Waals surface area contributed by atoms with E-state index in [0.29, 0.717) is 58.1 Å². The Bertz CT molecular complexity index is 1260. The molecule has 0 saturated carbocycles. The van der Waals surface area contributed by atoms with Gasteiger partial charge in [0.2, 0.25) is 5.88 Å². The highest BCUT2D eigenvalue weighted by Gasteiger charge is 2.25. The number of ether oxygens (including phenoxy) is 2. The molecule has 2 aliphatic rings. The number of anilines is 1. The van der Waals surface area contributed by atoms with Crippen LogP contribution in [0.5, 0.6) is 11.6 Å². The van der Waals surface area contributed by atoms with Crippen LogP contribution in [0, 0.1) is 5.92 Å². The van der Waals surface area contributed by atoms with Gasteiger partial charge in [0, 0.05) is 30.2 Å². The summed E-state index contributed by atoms with van der Waals surface area (Å²) in [4.78, 5) is 27.1. The van der Waals surface area contributed by atoms with Crippen LogP contribution in [-0.4, -0.2) is 70.8 Å². The molecule has 2 aromatic heterocycles. The van der Waals surface area contributed by atoms with Crippen LogP contribution in [0.2, 0.25) is 5.02 Å². The Labute approximate surface area is 214 Å². The number of methoxy groups -OCH3 is 1. The molecule has 1 saturated heterocycles. The maximum atomic E-state index is 11.5. The van der Waals surface area contributed by atoms with E-state index >= 15 is 0 Å². The van der Waals surface area contributed by atoms with Crippen molar-refractivity contribution in [3.63, 3.8) is 0 Å². The van der Waals surface area contributed by atoms with Gasteiger partial charge in [0.1, 0.15) is 5.52 Å². The van der Waals surface area contributed by atoms with Crippen LogP contribution in [0.3, 0.4) is 0 Å². The number of carbonyl (C=O) groups is 1. The van der Waals surface area contributed by atoms with Crippen molar-refractivity contribution < 1.29 is 19.4 Å². The van der Waals surface area contributed by atoms with Crippen molar-refractivity contribution in [3.05, 3.63) is 46.7 Å². The molecule has 1 amide bonds. The summed E-state index contributed by atoms with van der Waals surface area (Å²) in [7, 11) is 1.53. The van der Waals surface area contributed by atoms with E-state index in [1.54, 1.807) is 18.3 Å². The summed E-state index contributed by atoms with van der Waals surface area (Å²) in [6, 6.07) is 7.28. The molecular formula is C25H29ClN6O4. The number of benzene rings is 1. The molecule has 0 bridgehead atoms.